The third-order valence-corrected chi connectivity index (χ3v) is 4.13. The first kappa shape index (κ1) is 12.0. The Kier molecular flexibility index (Phi) is 3.06. The second kappa shape index (κ2) is 4.58. The van der Waals surface area contributed by atoms with E-state index < -0.39 is 0 Å². The fourth-order valence-electron chi connectivity index (χ4n) is 2.93. The van der Waals surface area contributed by atoms with Crippen LogP contribution in [-0.4, -0.2) is 12.1 Å². The number of hydrogen-bond acceptors (Lipinski definition) is 2. The van der Waals surface area contributed by atoms with Crippen LogP contribution in [0.4, 0.5) is 0 Å². The van der Waals surface area contributed by atoms with Crippen LogP contribution in [0.5, 0.6) is 5.75 Å². The average Bonchev–Trinajstić information content (AvgIpc) is 3.10. The Morgan fingerprint density at radius 1 is 1.28 bits per heavy atom. The van der Waals surface area contributed by atoms with Gasteiger partial charge in [-0.15, -0.1) is 0 Å². The van der Waals surface area contributed by atoms with Gasteiger partial charge in [-0.25, -0.2) is 0 Å². The zero-order valence-electron chi connectivity index (χ0n) is 11.4. The quantitative estimate of drug-likeness (QED) is 0.799. The van der Waals surface area contributed by atoms with Gasteiger partial charge < -0.3 is 10.1 Å². The first-order valence-electron chi connectivity index (χ1n) is 7.18. The SMILES string of the molecule is CC1(C)Oc2ccccc2C1NCCCC1CC1. The number of para-hydroxylation sites is 1. The summed E-state index contributed by atoms with van der Waals surface area (Å²) in [5.41, 5.74) is 1.18. The summed E-state index contributed by atoms with van der Waals surface area (Å²) in [4.78, 5) is 0. The molecule has 1 aliphatic carbocycles. The minimum absolute atomic E-state index is 0.136. The highest BCUT2D eigenvalue weighted by Gasteiger charge is 2.40. The van der Waals surface area contributed by atoms with E-state index in [4.69, 9.17) is 4.74 Å². The Labute approximate surface area is 110 Å². The van der Waals surface area contributed by atoms with Crippen LogP contribution in [0.1, 0.15) is 51.1 Å². The summed E-state index contributed by atoms with van der Waals surface area (Å²) in [7, 11) is 0. The van der Waals surface area contributed by atoms with E-state index in [-0.39, 0.29) is 5.60 Å². The topological polar surface area (TPSA) is 21.3 Å². The van der Waals surface area contributed by atoms with Gasteiger partial charge in [-0.3, -0.25) is 0 Å². The maximum Gasteiger partial charge on any atom is 0.125 e. The highest BCUT2D eigenvalue weighted by molar-refractivity contribution is 5.42. The van der Waals surface area contributed by atoms with E-state index in [1.165, 1.54) is 31.2 Å². The number of ether oxygens (including phenoxy) is 1. The zero-order valence-corrected chi connectivity index (χ0v) is 11.4. The van der Waals surface area contributed by atoms with E-state index in [1.807, 2.05) is 6.07 Å². The predicted molar refractivity (Wildman–Crippen MR) is 73.9 cm³/mol. The lowest BCUT2D eigenvalue weighted by Crippen LogP contribution is -2.39. The minimum Gasteiger partial charge on any atom is -0.486 e. The molecule has 18 heavy (non-hydrogen) atoms. The van der Waals surface area contributed by atoms with Gasteiger partial charge >= 0.3 is 0 Å². The van der Waals surface area contributed by atoms with Crippen LogP contribution >= 0.6 is 0 Å². The minimum atomic E-state index is -0.136. The predicted octanol–water partition coefficient (Wildman–Crippen LogP) is 3.68. The summed E-state index contributed by atoms with van der Waals surface area (Å²) in [6.07, 6.45) is 5.60. The smallest absolute Gasteiger partial charge is 0.125 e. The molecule has 1 aliphatic heterocycles. The van der Waals surface area contributed by atoms with Crippen molar-refractivity contribution in [2.24, 2.45) is 5.92 Å². The lowest BCUT2D eigenvalue weighted by atomic mass is 9.94. The molecule has 0 spiro atoms. The van der Waals surface area contributed by atoms with E-state index in [0.717, 1.165) is 18.2 Å². The maximum atomic E-state index is 6.03. The molecule has 1 saturated carbocycles. The van der Waals surface area contributed by atoms with Gasteiger partial charge in [0.05, 0.1) is 6.04 Å². The average molecular weight is 245 g/mol. The van der Waals surface area contributed by atoms with Gasteiger partial charge in [-0.05, 0) is 45.2 Å². The van der Waals surface area contributed by atoms with Gasteiger partial charge in [-0.2, -0.15) is 0 Å². The molecule has 0 saturated heterocycles. The second-order valence-electron chi connectivity index (χ2n) is 6.22. The summed E-state index contributed by atoms with van der Waals surface area (Å²) >= 11 is 0. The van der Waals surface area contributed by atoms with E-state index in [1.54, 1.807) is 0 Å². The molecule has 0 radical (unpaired) electrons. The van der Waals surface area contributed by atoms with Crippen molar-refractivity contribution in [2.45, 2.75) is 51.2 Å². The number of hydrogen-bond donors (Lipinski definition) is 1. The number of rotatable bonds is 5. The molecule has 2 heteroatoms. The standard InChI is InChI=1S/C16H23NO/c1-16(2)15(17-11-5-6-12-9-10-12)13-7-3-4-8-14(13)18-16/h3-4,7-8,12,15,17H,5-6,9-11H2,1-2H3. The van der Waals surface area contributed by atoms with Gasteiger partial charge in [0, 0.05) is 5.56 Å². The van der Waals surface area contributed by atoms with Crippen LogP contribution in [0, 0.1) is 5.92 Å². The van der Waals surface area contributed by atoms with Crippen LogP contribution in [0.3, 0.4) is 0 Å². The van der Waals surface area contributed by atoms with E-state index in [9.17, 15) is 0 Å². The van der Waals surface area contributed by atoms with Crippen molar-refractivity contribution in [1.29, 1.82) is 0 Å². The maximum absolute atomic E-state index is 6.03. The third kappa shape index (κ3) is 2.39. The lowest BCUT2D eigenvalue weighted by Gasteiger charge is -2.27. The largest absolute Gasteiger partial charge is 0.486 e. The molecule has 1 heterocycles. The second-order valence-corrected chi connectivity index (χ2v) is 6.22. The van der Waals surface area contributed by atoms with Gasteiger partial charge in [0.1, 0.15) is 11.4 Å². The van der Waals surface area contributed by atoms with Crippen molar-refractivity contribution >= 4 is 0 Å². The Morgan fingerprint density at radius 3 is 2.83 bits per heavy atom. The summed E-state index contributed by atoms with van der Waals surface area (Å²) in [5, 5.41) is 3.69. The number of benzene rings is 1. The molecule has 3 rings (SSSR count). The van der Waals surface area contributed by atoms with E-state index in [2.05, 4.69) is 37.4 Å². The van der Waals surface area contributed by atoms with Crippen LogP contribution in [0.2, 0.25) is 0 Å². The van der Waals surface area contributed by atoms with Crippen molar-refractivity contribution < 1.29 is 4.74 Å². The van der Waals surface area contributed by atoms with Crippen molar-refractivity contribution in [3.8, 4) is 5.75 Å². The lowest BCUT2D eigenvalue weighted by molar-refractivity contribution is 0.0964. The van der Waals surface area contributed by atoms with Crippen LogP contribution in [-0.2, 0) is 0 Å². The molecule has 2 aliphatic rings. The van der Waals surface area contributed by atoms with Gasteiger partial charge in [-0.1, -0.05) is 31.0 Å². The fourth-order valence-corrected chi connectivity index (χ4v) is 2.93. The fraction of sp³-hybridized carbons (Fsp3) is 0.625. The highest BCUT2D eigenvalue weighted by atomic mass is 16.5. The van der Waals surface area contributed by atoms with Crippen LogP contribution in [0.25, 0.3) is 0 Å². The summed E-state index contributed by atoms with van der Waals surface area (Å²) < 4.78 is 6.03. The van der Waals surface area contributed by atoms with Crippen molar-refractivity contribution in [2.75, 3.05) is 6.54 Å². The van der Waals surface area contributed by atoms with Crippen molar-refractivity contribution in [3.05, 3.63) is 29.8 Å². The summed E-state index contributed by atoms with van der Waals surface area (Å²) in [6, 6.07) is 8.73. The monoisotopic (exact) mass is 245 g/mol. The summed E-state index contributed by atoms with van der Waals surface area (Å²) in [6.45, 7) is 5.44. The van der Waals surface area contributed by atoms with Crippen molar-refractivity contribution in [3.63, 3.8) is 0 Å². The van der Waals surface area contributed by atoms with Crippen molar-refractivity contribution in [1.82, 2.24) is 5.32 Å². The molecular weight excluding hydrogens is 222 g/mol. The normalized spacial score (nSPS) is 24.7. The Balaban J connectivity index is 1.61. The molecule has 0 bridgehead atoms. The molecule has 1 unspecified atom stereocenters. The Hall–Kier alpha value is -1.02. The molecule has 1 atom stereocenters. The van der Waals surface area contributed by atoms with Gasteiger partial charge in [0.15, 0.2) is 0 Å². The first-order valence-corrected chi connectivity index (χ1v) is 7.18. The summed E-state index contributed by atoms with van der Waals surface area (Å²) in [5.74, 6) is 2.08. The molecule has 1 aromatic rings. The molecule has 1 N–H and O–H groups in total. The van der Waals surface area contributed by atoms with Crippen LogP contribution in [0.15, 0.2) is 24.3 Å². The molecule has 0 aromatic heterocycles. The van der Waals surface area contributed by atoms with Gasteiger partial charge in [0.25, 0.3) is 0 Å². The van der Waals surface area contributed by atoms with E-state index in [0.29, 0.717) is 6.04 Å². The molecule has 1 aromatic carbocycles. The Bertz CT molecular complexity index is 423. The third-order valence-electron chi connectivity index (χ3n) is 4.13. The Morgan fingerprint density at radius 2 is 2.06 bits per heavy atom. The molecular formula is C16H23NO. The van der Waals surface area contributed by atoms with Gasteiger partial charge in [0.2, 0.25) is 0 Å². The molecule has 1 fully saturated rings. The van der Waals surface area contributed by atoms with Crippen LogP contribution < -0.4 is 10.1 Å². The number of nitrogens with one attached hydrogen (secondary N) is 1. The van der Waals surface area contributed by atoms with E-state index >= 15 is 0 Å². The highest BCUT2D eigenvalue weighted by Crippen LogP contribution is 2.42. The first-order chi connectivity index (χ1) is 8.67. The molecule has 2 nitrogen and oxygen atoms in total. The molecule has 98 valence electrons. The zero-order chi connectivity index (χ0) is 12.6. The number of fused-ring (bicyclic) bond motifs is 1. The molecule has 0 amide bonds.